The van der Waals surface area contributed by atoms with E-state index >= 15 is 0 Å². The molecule has 5 aromatic rings. The lowest BCUT2D eigenvalue weighted by Crippen LogP contribution is -2.45. The highest BCUT2D eigenvalue weighted by Crippen LogP contribution is 2.35. The average molecular weight is 686 g/mol. The van der Waals surface area contributed by atoms with Crippen LogP contribution in [0.25, 0.3) is 11.1 Å². The van der Waals surface area contributed by atoms with Crippen LogP contribution in [0.15, 0.2) is 67.6 Å². The minimum Gasteiger partial charge on any atom is -0.487 e. The highest BCUT2D eigenvalue weighted by Gasteiger charge is 2.29. The lowest BCUT2D eigenvalue weighted by Gasteiger charge is -2.38. The van der Waals surface area contributed by atoms with Crippen molar-refractivity contribution < 1.29 is 14.2 Å². The number of anilines is 2. The summed E-state index contributed by atoms with van der Waals surface area (Å²) >= 11 is 6.47. The molecule has 1 unspecified atom stereocenters. The Bertz CT molecular complexity index is 1760. The van der Waals surface area contributed by atoms with E-state index in [1.165, 1.54) is 0 Å². The van der Waals surface area contributed by atoms with E-state index in [1.54, 1.807) is 35.7 Å². The Labute approximate surface area is 289 Å². The third-order valence-electron chi connectivity index (χ3n) is 8.98. The Balaban J connectivity index is 1.03. The number of aromatic nitrogens is 9. The van der Waals surface area contributed by atoms with Crippen LogP contribution >= 0.6 is 11.6 Å². The fourth-order valence-corrected chi connectivity index (χ4v) is 6.58. The molecule has 1 aliphatic heterocycles. The van der Waals surface area contributed by atoms with Gasteiger partial charge in [0.15, 0.2) is 0 Å². The SMILES string of the molecule is CC(Cn1cnnn1)Oc1cc(-c2cnc(Nc3cn(C4CCC(N5CCOCC5)CC4)nc3OCCc3cccnc3)nc2)ccc1Cl. The Morgan fingerprint density at radius 3 is 2.59 bits per heavy atom. The zero-order valence-corrected chi connectivity index (χ0v) is 28.2. The normalized spacial score (nSPS) is 19.0. The number of ether oxygens (including phenoxy) is 3. The van der Waals surface area contributed by atoms with Crippen molar-refractivity contribution in [2.24, 2.45) is 0 Å². The van der Waals surface area contributed by atoms with Crippen LogP contribution in [-0.4, -0.2) is 94.9 Å². The van der Waals surface area contributed by atoms with Gasteiger partial charge in [-0.15, -0.1) is 10.2 Å². The fraction of sp³-hybridized carbons (Fsp3) is 0.441. The van der Waals surface area contributed by atoms with E-state index in [4.69, 9.17) is 30.9 Å². The molecule has 15 heteroatoms. The smallest absolute Gasteiger partial charge is 0.256 e. The zero-order chi connectivity index (χ0) is 33.4. The van der Waals surface area contributed by atoms with E-state index in [0.29, 0.717) is 47.8 Å². The van der Waals surface area contributed by atoms with Gasteiger partial charge in [0.05, 0.1) is 43.6 Å². The van der Waals surface area contributed by atoms with Gasteiger partial charge < -0.3 is 19.5 Å². The van der Waals surface area contributed by atoms with Crippen LogP contribution in [0, 0.1) is 0 Å². The third-order valence-corrected chi connectivity index (χ3v) is 9.29. The lowest BCUT2D eigenvalue weighted by atomic mass is 9.90. The second kappa shape index (κ2) is 15.7. The van der Waals surface area contributed by atoms with Crippen molar-refractivity contribution in [1.29, 1.82) is 0 Å². The number of tetrazole rings is 1. The zero-order valence-electron chi connectivity index (χ0n) is 27.4. The molecule has 1 aliphatic carbocycles. The summed E-state index contributed by atoms with van der Waals surface area (Å²) in [6, 6.07) is 10.5. The molecule has 49 heavy (non-hydrogen) atoms. The number of morpholine rings is 1. The topological polar surface area (TPSA) is 143 Å². The summed E-state index contributed by atoms with van der Waals surface area (Å²) in [5.41, 5.74) is 3.53. The number of hydrogen-bond donors (Lipinski definition) is 1. The summed E-state index contributed by atoms with van der Waals surface area (Å²) < 4.78 is 21.6. The van der Waals surface area contributed by atoms with E-state index < -0.39 is 0 Å². The first-order valence-corrected chi connectivity index (χ1v) is 17.1. The summed E-state index contributed by atoms with van der Waals surface area (Å²) in [5, 5.41) is 20.0. The molecule has 2 fully saturated rings. The van der Waals surface area contributed by atoms with Gasteiger partial charge in [-0.2, -0.15) is 0 Å². The van der Waals surface area contributed by atoms with E-state index in [1.807, 2.05) is 43.6 Å². The molecule has 2 aliphatic rings. The Morgan fingerprint density at radius 1 is 1.02 bits per heavy atom. The maximum absolute atomic E-state index is 6.47. The predicted molar refractivity (Wildman–Crippen MR) is 183 cm³/mol. The van der Waals surface area contributed by atoms with Gasteiger partial charge in [-0.1, -0.05) is 23.7 Å². The van der Waals surface area contributed by atoms with E-state index in [-0.39, 0.29) is 6.10 Å². The molecule has 1 atom stereocenters. The molecule has 0 radical (unpaired) electrons. The van der Waals surface area contributed by atoms with Gasteiger partial charge in [-0.25, -0.2) is 14.6 Å². The molecule has 1 N–H and O–H groups in total. The second-order valence-electron chi connectivity index (χ2n) is 12.4. The van der Waals surface area contributed by atoms with Crippen LogP contribution in [0.2, 0.25) is 5.02 Å². The number of benzene rings is 1. The van der Waals surface area contributed by atoms with Crippen molar-refractivity contribution in [1.82, 2.24) is 49.8 Å². The summed E-state index contributed by atoms with van der Waals surface area (Å²) in [6.07, 6.45) is 15.7. The molecule has 256 valence electrons. The van der Waals surface area contributed by atoms with Gasteiger partial charge >= 0.3 is 0 Å². The lowest BCUT2D eigenvalue weighted by molar-refractivity contribution is 0.00503. The minimum atomic E-state index is -0.208. The second-order valence-corrected chi connectivity index (χ2v) is 12.8. The molecule has 1 saturated heterocycles. The molecule has 14 nitrogen and oxygen atoms in total. The molecule has 5 heterocycles. The van der Waals surface area contributed by atoms with Crippen LogP contribution in [0.3, 0.4) is 0 Å². The number of hydrogen-bond acceptors (Lipinski definition) is 12. The van der Waals surface area contributed by atoms with Crippen molar-refractivity contribution in [2.45, 2.75) is 63.8 Å². The molecule has 0 amide bonds. The van der Waals surface area contributed by atoms with Crippen LogP contribution in [0.4, 0.5) is 11.6 Å². The van der Waals surface area contributed by atoms with E-state index in [2.05, 4.69) is 45.4 Å². The number of nitrogens with one attached hydrogen (secondary N) is 1. The average Bonchev–Trinajstić information content (AvgIpc) is 3.80. The standard InChI is InChI=1S/C34H40ClN11O3/c1-24(21-45-23-39-42-43-45)49-32-17-26(4-9-30(32)35)27-19-37-34(38-20-27)40-31-22-46(41-33(31)48-14-10-25-3-2-11-36-18-25)29-7-5-28(6-8-29)44-12-15-47-16-13-44/h2-4,9,11,17-20,22-24,28-29H,5-8,10,12-16,21H2,1H3,(H,37,38,40). The Morgan fingerprint density at radius 2 is 1.84 bits per heavy atom. The minimum absolute atomic E-state index is 0.208. The number of nitrogens with zero attached hydrogens (tertiary/aromatic N) is 10. The molecular weight excluding hydrogens is 646 g/mol. The molecular formula is C34H40ClN11O3. The van der Waals surface area contributed by atoms with Crippen LogP contribution in [0.5, 0.6) is 11.6 Å². The van der Waals surface area contributed by atoms with Crippen molar-refractivity contribution in [2.75, 3.05) is 38.2 Å². The molecule has 4 aromatic heterocycles. The first kappa shape index (κ1) is 32.9. The number of rotatable bonds is 13. The molecule has 1 saturated carbocycles. The largest absolute Gasteiger partial charge is 0.487 e. The van der Waals surface area contributed by atoms with Gasteiger partial charge in [-0.3, -0.25) is 14.6 Å². The third kappa shape index (κ3) is 8.50. The predicted octanol–water partition coefficient (Wildman–Crippen LogP) is 5.02. The quantitative estimate of drug-likeness (QED) is 0.178. The fourth-order valence-electron chi connectivity index (χ4n) is 6.41. The van der Waals surface area contributed by atoms with Gasteiger partial charge in [0.1, 0.15) is 23.9 Å². The summed E-state index contributed by atoms with van der Waals surface area (Å²) in [4.78, 5) is 16.1. The summed E-state index contributed by atoms with van der Waals surface area (Å²) in [5.74, 6) is 1.53. The summed E-state index contributed by atoms with van der Waals surface area (Å²) in [7, 11) is 0. The van der Waals surface area contributed by atoms with Crippen molar-refractivity contribution in [3.63, 3.8) is 0 Å². The number of halogens is 1. The highest BCUT2D eigenvalue weighted by atomic mass is 35.5. The van der Waals surface area contributed by atoms with Gasteiger partial charge in [0, 0.05) is 55.9 Å². The van der Waals surface area contributed by atoms with Crippen LogP contribution in [-0.2, 0) is 17.7 Å². The monoisotopic (exact) mass is 685 g/mol. The van der Waals surface area contributed by atoms with Crippen molar-refractivity contribution >= 4 is 23.2 Å². The Hall–Kier alpha value is -4.66. The summed E-state index contributed by atoms with van der Waals surface area (Å²) in [6.45, 7) is 6.59. The van der Waals surface area contributed by atoms with Crippen LogP contribution in [0.1, 0.15) is 44.2 Å². The first-order valence-electron chi connectivity index (χ1n) is 16.8. The maximum Gasteiger partial charge on any atom is 0.256 e. The van der Waals surface area contributed by atoms with E-state index in [0.717, 1.165) is 80.8 Å². The number of pyridine rings is 1. The van der Waals surface area contributed by atoms with Crippen molar-refractivity contribution in [3.05, 3.63) is 78.2 Å². The Kier molecular flexibility index (Phi) is 10.5. The molecule has 0 bridgehead atoms. The maximum atomic E-state index is 6.47. The first-order chi connectivity index (χ1) is 24.1. The van der Waals surface area contributed by atoms with Gasteiger partial charge in [0.2, 0.25) is 5.95 Å². The highest BCUT2D eigenvalue weighted by molar-refractivity contribution is 6.32. The van der Waals surface area contributed by atoms with E-state index in [9.17, 15) is 0 Å². The van der Waals surface area contributed by atoms with Gasteiger partial charge in [0.25, 0.3) is 5.88 Å². The van der Waals surface area contributed by atoms with Gasteiger partial charge in [-0.05, 0) is 72.4 Å². The van der Waals surface area contributed by atoms with Crippen LogP contribution < -0.4 is 14.8 Å². The molecule has 1 aromatic carbocycles. The van der Waals surface area contributed by atoms with Crippen molar-refractivity contribution in [3.8, 4) is 22.8 Å². The molecule has 0 spiro atoms. The molecule has 7 rings (SSSR count).